The van der Waals surface area contributed by atoms with Crippen molar-refractivity contribution in [3.8, 4) is 0 Å². The molecule has 3 heterocycles. The molecular weight excluding hydrogens is 395 g/mol. The van der Waals surface area contributed by atoms with Gasteiger partial charge in [-0.3, -0.25) is 4.99 Å². The Kier molecular flexibility index (Phi) is 4.77. The van der Waals surface area contributed by atoms with E-state index in [0.29, 0.717) is 12.8 Å². The van der Waals surface area contributed by atoms with Gasteiger partial charge in [0.25, 0.3) is 0 Å². The van der Waals surface area contributed by atoms with Crippen LogP contribution in [0.3, 0.4) is 0 Å². The van der Waals surface area contributed by atoms with E-state index in [1.54, 1.807) is 12.4 Å². The Morgan fingerprint density at radius 3 is 2.89 bits per heavy atom. The lowest BCUT2D eigenvalue weighted by molar-refractivity contribution is -0.130. The van der Waals surface area contributed by atoms with E-state index in [0.717, 1.165) is 11.5 Å². The van der Waals surface area contributed by atoms with Crippen LogP contribution in [0.25, 0.3) is 0 Å². The third-order valence-corrected chi connectivity index (χ3v) is 7.08. The molecule has 0 aromatic carbocycles. The molecule has 2 N–H and O–H groups in total. The number of nitrogens with one attached hydrogen (secondary N) is 2. The predicted molar refractivity (Wildman–Crippen MR) is 97.4 cm³/mol. The number of aromatic nitrogens is 2. The molecular formula is C17H22F3N5O2S. The topological polar surface area (TPSA) is 88.4 Å². The Bertz CT molecular complexity index is 908. The molecule has 0 radical (unpaired) electrons. The van der Waals surface area contributed by atoms with E-state index in [2.05, 4.69) is 24.6 Å². The number of imidazole rings is 1. The van der Waals surface area contributed by atoms with Crippen LogP contribution in [0.5, 0.6) is 0 Å². The number of hydrogen-bond donors (Lipinski definition) is 2. The van der Waals surface area contributed by atoms with Crippen molar-refractivity contribution in [3.63, 3.8) is 0 Å². The van der Waals surface area contributed by atoms with Gasteiger partial charge in [-0.2, -0.15) is 13.2 Å². The van der Waals surface area contributed by atoms with Gasteiger partial charge in [-0.15, -0.1) is 0 Å². The summed E-state index contributed by atoms with van der Waals surface area (Å²) in [5.41, 5.74) is 1.01. The third-order valence-electron chi connectivity index (χ3n) is 5.65. The second kappa shape index (κ2) is 6.87. The quantitative estimate of drug-likeness (QED) is 0.768. The summed E-state index contributed by atoms with van der Waals surface area (Å²) in [5.74, 6) is 0.0562. The van der Waals surface area contributed by atoms with Crippen molar-refractivity contribution in [2.45, 2.75) is 56.5 Å². The fourth-order valence-corrected chi connectivity index (χ4v) is 5.68. The van der Waals surface area contributed by atoms with E-state index in [9.17, 15) is 21.6 Å². The highest BCUT2D eigenvalue weighted by Crippen LogP contribution is 2.42. The Balaban J connectivity index is 1.48. The van der Waals surface area contributed by atoms with Crippen LogP contribution in [-0.2, 0) is 10.0 Å². The largest absolute Gasteiger partial charge is 0.390 e. The number of nitrogens with zero attached hydrogens (tertiary/aromatic N) is 3. The Morgan fingerprint density at radius 2 is 2.14 bits per heavy atom. The molecule has 0 saturated heterocycles. The summed E-state index contributed by atoms with van der Waals surface area (Å²) in [7, 11) is -3.98. The first-order chi connectivity index (χ1) is 13.1. The van der Waals surface area contributed by atoms with Gasteiger partial charge in [0.1, 0.15) is 6.17 Å². The molecule has 154 valence electrons. The maximum absolute atomic E-state index is 12.4. The maximum atomic E-state index is 12.4. The average Bonchev–Trinajstić information content (AvgIpc) is 3.29. The van der Waals surface area contributed by atoms with Crippen molar-refractivity contribution in [1.29, 1.82) is 0 Å². The minimum Gasteiger partial charge on any atom is -0.368 e. The molecule has 7 nitrogen and oxygen atoms in total. The zero-order valence-corrected chi connectivity index (χ0v) is 16.0. The molecule has 5 atom stereocenters. The van der Waals surface area contributed by atoms with E-state index >= 15 is 0 Å². The second-order valence-corrected chi connectivity index (χ2v) is 9.58. The van der Waals surface area contributed by atoms with E-state index < -0.39 is 28.4 Å². The molecule has 11 heteroatoms. The fourth-order valence-electron chi connectivity index (χ4n) is 4.37. The minimum atomic E-state index is -4.49. The van der Waals surface area contributed by atoms with Gasteiger partial charge in [-0.05, 0) is 31.0 Å². The van der Waals surface area contributed by atoms with Crippen molar-refractivity contribution in [2.24, 2.45) is 10.9 Å². The van der Waals surface area contributed by atoms with E-state index in [1.165, 1.54) is 0 Å². The molecule has 2 aliphatic heterocycles. The standard InChI is InChI=1S/C17H22F3N5O2S/c1-10-6-11(24-28(26,27)5-3-17(18,19)20)7-12(10)14-8-22-15-9-23-16-13(25(14)15)2-4-21-16/h2,4,8-13,16,21,24H,3,5-7H2,1H3/t10-,11?,12+,13?,16?/m1/s1. The molecule has 1 fully saturated rings. The maximum Gasteiger partial charge on any atom is 0.390 e. The van der Waals surface area contributed by atoms with Crippen LogP contribution < -0.4 is 10.0 Å². The number of hydrogen-bond acceptors (Lipinski definition) is 5. The molecule has 1 aliphatic carbocycles. The average molecular weight is 417 g/mol. The first-order valence-electron chi connectivity index (χ1n) is 9.23. The van der Waals surface area contributed by atoms with Crippen LogP contribution in [0.15, 0.2) is 23.5 Å². The van der Waals surface area contributed by atoms with Gasteiger partial charge in [0.2, 0.25) is 10.0 Å². The van der Waals surface area contributed by atoms with Crippen molar-refractivity contribution in [3.05, 3.63) is 30.0 Å². The predicted octanol–water partition coefficient (Wildman–Crippen LogP) is 2.05. The number of rotatable bonds is 5. The van der Waals surface area contributed by atoms with Gasteiger partial charge in [-0.25, -0.2) is 18.1 Å². The summed E-state index contributed by atoms with van der Waals surface area (Å²) in [6.07, 6.45) is 2.61. The van der Waals surface area contributed by atoms with Crippen LogP contribution >= 0.6 is 0 Å². The number of fused-ring (bicyclic) bond motifs is 3. The molecule has 0 amide bonds. The zero-order chi connectivity index (χ0) is 20.1. The molecule has 0 spiro atoms. The van der Waals surface area contributed by atoms with Gasteiger partial charge >= 0.3 is 6.18 Å². The van der Waals surface area contributed by atoms with Gasteiger partial charge in [0.05, 0.1) is 24.4 Å². The molecule has 3 unspecified atom stereocenters. The number of aliphatic imine (C=N–C) groups is 1. The summed E-state index contributed by atoms with van der Waals surface area (Å²) < 4.78 is 65.8. The summed E-state index contributed by atoms with van der Waals surface area (Å²) >= 11 is 0. The first kappa shape index (κ1) is 19.4. The molecule has 4 rings (SSSR count). The number of halogens is 3. The SMILES string of the molecule is C[C@@H]1CC(NS(=O)(=O)CCC(F)(F)F)C[C@@H]1c1cnc2n1C1C=CNC1N=C2. The fraction of sp³-hybridized carbons (Fsp3) is 0.647. The Hall–Kier alpha value is -1.88. The highest BCUT2D eigenvalue weighted by atomic mass is 32.2. The monoisotopic (exact) mass is 417 g/mol. The highest BCUT2D eigenvalue weighted by Gasteiger charge is 2.40. The zero-order valence-electron chi connectivity index (χ0n) is 15.2. The number of sulfonamides is 1. The lowest BCUT2D eigenvalue weighted by Crippen LogP contribution is -2.36. The van der Waals surface area contributed by atoms with E-state index in [1.807, 2.05) is 19.2 Å². The number of alkyl halides is 3. The Labute approximate surface area is 161 Å². The second-order valence-electron chi connectivity index (χ2n) is 7.70. The molecule has 1 aromatic heterocycles. The van der Waals surface area contributed by atoms with Crippen molar-refractivity contribution >= 4 is 16.2 Å². The van der Waals surface area contributed by atoms with Gasteiger partial charge in [0, 0.05) is 23.9 Å². The van der Waals surface area contributed by atoms with E-state index in [4.69, 9.17) is 0 Å². The van der Waals surface area contributed by atoms with E-state index in [-0.39, 0.29) is 30.1 Å². The molecule has 3 aliphatic rings. The van der Waals surface area contributed by atoms with Crippen molar-refractivity contribution in [2.75, 3.05) is 5.75 Å². The smallest absolute Gasteiger partial charge is 0.368 e. The minimum absolute atomic E-state index is 0.0206. The lowest BCUT2D eigenvalue weighted by Gasteiger charge is -2.27. The van der Waals surface area contributed by atoms with Gasteiger partial charge in [-0.1, -0.05) is 6.92 Å². The molecule has 1 saturated carbocycles. The summed E-state index contributed by atoms with van der Waals surface area (Å²) in [6.45, 7) is 2.03. The van der Waals surface area contributed by atoms with Gasteiger partial charge < -0.3 is 9.88 Å². The molecule has 28 heavy (non-hydrogen) atoms. The molecule has 1 aromatic rings. The lowest BCUT2D eigenvalue weighted by atomic mass is 9.94. The van der Waals surface area contributed by atoms with Gasteiger partial charge in [0.15, 0.2) is 5.82 Å². The van der Waals surface area contributed by atoms with Crippen molar-refractivity contribution < 1.29 is 21.6 Å². The summed E-state index contributed by atoms with van der Waals surface area (Å²) in [5, 5.41) is 3.17. The van der Waals surface area contributed by atoms with Crippen LogP contribution in [0.1, 0.15) is 49.7 Å². The normalized spacial score (nSPS) is 31.6. The third kappa shape index (κ3) is 3.82. The molecule has 0 bridgehead atoms. The summed E-state index contributed by atoms with van der Waals surface area (Å²) in [4.78, 5) is 8.87. The van der Waals surface area contributed by atoms with Crippen molar-refractivity contribution in [1.82, 2.24) is 19.6 Å². The highest BCUT2D eigenvalue weighted by molar-refractivity contribution is 7.89. The Morgan fingerprint density at radius 1 is 1.36 bits per heavy atom. The summed E-state index contributed by atoms with van der Waals surface area (Å²) in [6, 6.07) is -0.359. The first-order valence-corrected chi connectivity index (χ1v) is 10.9. The van der Waals surface area contributed by atoms with Crippen LogP contribution in [0.2, 0.25) is 0 Å². The van der Waals surface area contributed by atoms with Crippen LogP contribution in [-0.4, -0.2) is 48.3 Å². The van der Waals surface area contributed by atoms with Crippen LogP contribution in [0.4, 0.5) is 13.2 Å². The van der Waals surface area contributed by atoms with Crippen LogP contribution in [0, 0.1) is 5.92 Å².